The molecule has 2 amide bonds. The maximum atomic E-state index is 13.1. The molecule has 6 heteroatoms. The molecule has 1 aliphatic rings. The fourth-order valence-corrected chi connectivity index (χ4v) is 3.89. The first-order chi connectivity index (χ1) is 15.6. The Kier molecular flexibility index (Phi) is 6.80. The third-order valence-electron chi connectivity index (χ3n) is 5.59. The molecular formula is C26H26FN3O2. The molecule has 32 heavy (non-hydrogen) atoms. The van der Waals surface area contributed by atoms with E-state index in [0.29, 0.717) is 23.4 Å². The van der Waals surface area contributed by atoms with E-state index in [1.165, 1.54) is 24.3 Å². The highest BCUT2D eigenvalue weighted by Crippen LogP contribution is 2.28. The predicted molar refractivity (Wildman–Crippen MR) is 125 cm³/mol. The van der Waals surface area contributed by atoms with E-state index in [1.807, 2.05) is 36.4 Å². The molecule has 0 aromatic heterocycles. The summed E-state index contributed by atoms with van der Waals surface area (Å²) in [6, 6.07) is 20.8. The number of amides is 2. The monoisotopic (exact) mass is 431 g/mol. The molecule has 0 saturated carbocycles. The largest absolute Gasteiger partial charge is 0.371 e. The molecule has 1 fully saturated rings. The third kappa shape index (κ3) is 5.32. The predicted octanol–water partition coefficient (Wildman–Crippen LogP) is 4.65. The Bertz CT molecular complexity index is 1080. The van der Waals surface area contributed by atoms with Gasteiger partial charge in [-0.25, -0.2) is 4.39 Å². The van der Waals surface area contributed by atoms with E-state index in [4.69, 9.17) is 0 Å². The molecule has 3 aromatic carbocycles. The highest BCUT2D eigenvalue weighted by Gasteiger charge is 2.20. The summed E-state index contributed by atoms with van der Waals surface area (Å²) in [6.07, 6.45) is 2.93. The van der Waals surface area contributed by atoms with E-state index in [9.17, 15) is 14.0 Å². The summed E-state index contributed by atoms with van der Waals surface area (Å²) in [4.78, 5) is 27.8. The number of carbonyl (C=O) groups is 2. The van der Waals surface area contributed by atoms with Crippen molar-refractivity contribution in [2.45, 2.75) is 19.3 Å². The van der Waals surface area contributed by atoms with Crippen molar-refractivity contribution in [2.75, 3.05) is 29.9 Å². The minimum atomic E-state index is -0.397. The molecule has 0 aliphatic carbocycles. The number of nitrogens with one attached hydrogen (secondary N) is 2. The van der Waals surface area contributed by atoms with E-state index in [1.54, 1.807) is 12.1 Å². The Labute approximate surface area is 187 Å². The Hall–Kier alpha value is -3.67. The molecule has 0 radical (unpaired) electrons. The molecule has 1 saturated heterocycles. The number of nitrogens with zero attached hydrogens (tertiary/aromatic N) is 1. The van der Waals surface area contributed by atoms with Gasteiger partial charge in [0.1, 0.15) is 5.82 Å². The Morgan fingerprint density at radius 2 is 1.59 bits per heavy atom. The summed E-state index contributed by atoms with van der Waals surface area (Å²) in [7, 11) is 0. The summed E-state index contributed by atoms with van der Waals surface area (Å²) in [6.45, 7) is 2.34. The van der Waals surface area contributed by atoms with Crippen molar-refractivity contribution in [1.29, 1.82) is 0 Å². The van der Waals surface area contributed by atoms with Crippen LogP contribution in [0.1, 0.15) is 39.1 Å². The quantitative estimate of drug-likeness (QED) is 0.572. The van der Waals surface area contributed by atoms with E-state index in [-0.39, 0.29) is 11.8 Å². The minimum Gasteiger partial charge on any atom is -0.371 e. The minimum absolute atomic E-state index is 0.166. The fourth-order valence-electron chi connectivity index (χ4n) is 3.89. The van der Waals surface area contributed by atoms with Crippen molar-refractivity contribution >= 4 is 23.2 Å². The highest BCUT2D eigenvalue weighted by atomic mass is 19.1. The zero-order valence-electron chi connectivity index (χ0n) is 17.8. The molecule has 3 aromatic rings. The van der Waals surface area contributed by atoms with Gasteiger partial charge >= 0.3 is 0 Å². The zero-order valence-corrected chi connectivity index (χ0v) is 17.8. The van der Waals surface area contributed by atoms with E-state index in [0.717, 1.165) is 43.6 Å². The lowest BCUT2D eigenvalue weighted by molar-refractivity contribution is 0.0953. The second-order valence-electron chi connectivity index (χ2n) is 7.88. The van der Waals surface area contributed by atoms with Crippen molar-refractivity contribution in [2.24, 2.45) is 0 Å². The summed E-state index contributed by atoms with van der Waals surface area (Å²) in [5.74, 6) is -0.916. The summed E-state index contributed by atoms with van der Waals surface area (Å²) < 4.78 is 13.1. The standard InChI is InChI=1S/C26H26FN3O2/c27-21-10-8-20(9-11-21)25(31)29-22-12-13-24(30-16-4-5-17-30)23(18-22)26(32)28-15-14-19-6-2-1-3-7-19/h1-3,6-13,18H,4-5,14-17H2,(H,28,32)(H,29,31). The third-order valence-corrected chi connectivity index (χ3v) is 5.59. The van der Waals surface area contributed by atoms with Crippen molar-refractivity contribution in [3.05, 3.63) is 95.3 Å². The average Bonchev–Trinajstić information content (AvgIpc) is 3.35. The Balaban J connectivity index is 1.50. The number of hydrogen-bond acceptors (Lipinski definition) is 3. The van der Waals surface area contributed by atoms with E-state index in [2.05, 4.69) is 15.5 Å². The maximum absolute atomic E-state index is 13.1. The number of halogens is 1. The Morgan fingerprint density at radius 3 is 2.31 bits per heavy atom. The number of anilines is 2. The first kappa shape index (κ1) is 21.6. The van der Waals surface area contributed by atoms with Crippen LogP contribution in [0.25, 0.3) is 0 Å². The number of benzene rings is 3. The summed E-state index contributed by atoms with van der Waals surface area (Å²) in [5.41, 5.74) is 3.45. The van der Waals surface area contributed by atoms with Gasteiger partial charge in [0.05, 0.1) is 5.56 Å². The zero-order chi connectivity index (χ0) is 22.3. The van der Waals surface area contributed by atoms with Gasteiger partial charge in [-0.3, -0.25) is 9.59 Å². The van der Waals surface area contributed by atoms with Gasteiger partial charge in [-0.1, -0.05) is 30.3 Å². The van der Waals surface area contributed by atoms with Crippen molar-refractivity contribution in [1.82, 2.24) is 5.32 Å². The molecular weight excluding hydrogens is 405 g/mol. The van der Waals surface area contributed by atoms with Gasteiger partial charge in [0.25, 0.3) is 11.8 Å². The molecule has 4 rings (SSSR count). The van der Waals surface area contributed by atoms with Crippen LogP contribution in [0.15, 0.2) is 72.8 Å². The lowest BCUT2D eigenvalue weighted by Gasteiger charge is -2.22. The van der Waals surface area contributed by atoms with Crippen LogP contribution in [0, 0.1) is 5.82 Å². The molecule has 5 nitrogen and oxygen atoms in total. The van der Waals surface area contributed by atoms with Crippen LogP contribution in [0.4, 0.5) is 15.8 Å². The van der Waals surface area contributed by atoms with Crippen molar-refractivity contribution in [3.63, 3.8) is 0 Å². The first-order valence-corrected chi connectivity index (χ1v) is 10.9. The van der Waals surface area contributed by atoms with Crippen LogP contribution in [-0.4, -0.2) is 31.4 Å². The fraction of sp³-hybridized carbons (Fsp3) is 0.231. The summed E-state index contributed by atoms with van der Waals surface area (Å²) in [5, 5.41) is 5.82. The van der Waals surface area contributed by atoms with Gasteiger partial charge in [0, 0.05) is 36.6 Å². The van der Waals surface area contributed by atoms with Crippen LogP contribution in [0.3, 0.4) is 0 Å². The smallest absolute Gasteiger partial charge is 0.255 e. The molecule has 2 N–H and O–H groups in total. The van der Waals surface area contributed by atoms with Gasteiger partial charge in [-0.2, -0.15) is 0 Å². The molecule has 164 valence electrons. The topological polar surface area (TPSA) is 61.4 Å². The lowest BCUT2D eigenvalue weighted by Crippen LogP contribution is -2.29. The van der Waals surface area contributed by atoms with Crippen LogP contribution in [0.5, 0.6) is 0 Å². The number of rotatable bonds is 7. The van der Waals surface area contributed by atoms with Gasteiger partial charge in [0.15, 0.2) is 0 Å². The normalized spacial score (nSPS) is 13.1. The number of hydrogen-bond donors (Lipinski definition) is 2. The van der Waals surface area contributed by atoms with Crippen LogP contribution in [-0.2, 0) is 6.42 Å². The second-order valence-corrected chi connectivity index (χ2v) is 7.88. The van der Waals surface area contributed by atoms with Gasteiger partial charge < -0.3 is 15.5 Å². The molecule has 0 atom stereocenters. The maximum Gasteiger partial charge on any atom is 0.255 e. The van der Waals surface area contributed by atoms with Crippen molar-refractivity contribution in [3.8, 4) is 0 Å². The molecule has 0 unspecified atom stereocenters. The SMILES string of the molecule is O=C(Nc1ccc(N2CCCC2)c(C(=O)NCCc2ccccc2)c1)c1ccc(F)cc1. The molecule has 0 spiro atoms. The first-order valence-electron chi connectivity index (χ1n) is 10.9. The van der Waals surface area contributed by atoms with Gasteiger partial charge in [-0.15, -0.1) is 0 Å². The van der Waals surface area contributed by atoms with Gasteiger partial charge in [0.2, 0.25) is 0 Å². The molecule has 0 bridgehead atoms. The molecule has 1 aliphatic heterocycles. The van der Waals surface area contributed by atoms with Crippen LogP contribution >= 0.6 is 0 Å². The molecule has 1 heterocycles. The van der Waals surface area contributed by atoms with E-state index >= 15 is 0 Å². The van der Waals surface area contributed by atoms with Gasteiger partial charge in [-0.05, 0) is 67.3 Å². The highest BCUT2D eigenvalue weighted by molar-refractivity contribution is 6.06. The average molecular weight is 432 g/mol. The second kappa shape index (κ2) is 10.1. The van der Waals surface area contributed by atoms with Crippen LogP contribution in [0.2, 0.25) is 0 Å². The lowest BCUT2D eigenvalue weighted by atomic mass is 10.1. The van der Waals surface area contributed by atoms with E-state index < -0.39 is 5.82 Å². The Morgan fingerprint density at radius 1 is 0.875 bits per heavy atom. The van der Waals surface area contributed by atoms with Crippen LogP contribution < -0.4 is 15.5 Å². The van der Waals surface area contributed by atoms with Crippen molar-refractivity contribution < 1.29 is 14.0 Å². The summed E-state index contributed by atoms with van der Waals surface area (Å²) >= 11 is 0. The number of carbonyl (C=O) groups excluding carboxylic acids is 2.